The number of aromatic hydroxyl groups is 2. The maximum Gasteiger partial charge on any atom is 0.207 e. The van der Waals surface area contributed by atoms with Crippen molar-refractivity contribution in [3.8, 4) is 23.0 Å². The van der Waals surface area contributed by atoms with Crippen LogP contribution in [0.2, 0.25) is 0 Å². The average molecular weight is 338 g/mol. The lowest BCUT2D eigenvalue weighted by Gasteiger charge is -2.21. The molecule has 24 heavy (non-hydrogen) atoms. The Labute approximate surface area is 146 Å². The quantitative estimate of drug-likeness (QED) is 0.398. The molecule has 0 fully saturated rings. The zero-order valence-corrected chi connectivity index (χ0v) is 15.8. The third kappa shape index (κ3) is 5.22. The van der Waals surface area contributed by atoms with Crippen molar-refractivity contribution in [3.63, 3.8) is 0 Å². The van der Waals surface area contributed by atoms with Gasteiger partial charge in [0.05, 0.1) is 13.2 Å². The Morgan fingerprint density at radius 1 is 0.625 bits per heavy atom. The van der Waals surface area contributed by atoms with Crippen molar-refractivity contribution in [2.24, 2.45) is 0 Å². The maximum atomic E-state index is 10.5. The normalized spacial score (nSPS) is 10.8. The molecule has 1 rings (SSSR count). The summed E-state index contributed by atoms with van der Waals surface area (Å²) < 4.78 is 11.4. The Morgan fingerprint density at radius 2 is 1.12 bits per heavy atom. The van der Waals surface area contributed by atoms with Crippen molar-refractivity contribution in [1.29, 1.82) is 0 Å². The molecule has 0 atom stereocenters. The van der Waals surface area contributed by atoms with E-state index in [1.165, 1.54) is 0 Å². The lowest BCUT2D eigenvalue weighted by Crippen LogP contribution is -2.06. The van der Waals surface area contributed by atoms with Gasteiger partial charge in [-0.2, -0.15) is 0 Å². The molecule has 0 aliphatic rings. The van der Waals surface area contributed by atoms with E-state index in [4.69, 9.17) is 9.47 Å². The van der Waals surface area contributed by atoms with E-state index in [0.29, 0.717) is 19.0 Å². The monoisotopic (exact) mass is 338 g/mol. The number of hydrogen-bond donors (Lipinski definition) is 2. The Hall–Kier alpha value is -1.58. The molecule has 0 saturated carbocycles. The van der Waals surface area contributed by atoms with Crippen LogP contribution < -0.4 is 9.47 Å². The van der Waals surface area contributed by atoms with Crippen LogP contribution in [0.5, 0.6) is 23.0 Å². The Bertz CT molecular complexity index is 497. The number of benzene rings is 1. The standard InChI is InChI=1S/C20H34O4/c1-5-9-11-13-15-16(14-12-10-6-2)19(23-7-3)20(24-8-4)18(22)17(15)21/h21-22H,5-14H2,1-4H3. The van der Waals surface area contributed by atoms with E-state index in [0.717, 1.165) is 62.5 Å². The van der Waals surface area contributed by atoms with E-state index in [2.05, 4.69) is 13.8 Å². The molecule has 1 aromatic carbocycles. The van der Waals surface area contributed by atoms with E-state index in [9.17, 15) is 10.2 Å². The molecular weight excluding hydrogens is 304 g/mol. The summed E-state index contributed by atoms with van der Waals surface area (Å²) >= 11 is 0. The third-order valence-corrected chi connectivity index (χ3v) is 4.21. The van der Waals surface area contributed by atoms with Gasteiger partial charge < -0.3 is 19.7 Å². The Kier molecular flexibility index (Phi) is 9.43. The summed E-state index contributed by atoms with van der Waals surface area (Å²) in [4.78, 5) is 0. The highest BCUT2D eigenvalue weighted by Gasteiger charge is 2.25. The first-order valence-electron chi connectivity index (χ1n) is 9.47. The summed E-state index contributed by atoms with van der Waals surface area (Å²) in [7, 11) is 0. The molecule has 4 nitrogen and oxygen atoms in total. The van der Waals surface area contributed by atoms with Gasteiger partial charge in [-0.3, -0.25) is 0 Å². The minimum Gasteiger partial charge on any atom is -0.504 e. The van der Waals surface area contributed by atoms with Crippen molar-refractivity contribution in [1.82, 2.24) is 0 Å². The predicted octanol–water partition coefficient (Wildman–Crippen LogP) is 5.36. The van der Waals surface area contributed by atoms with Gasteiger partial charge in [0.1, 0.15) is 0 Å². The fraction of sp³-hybridized carbons (Fsp3) is 0.700. The molecule has 0 saturated heterocycles. The summed E-state index contributed by atoms with van der Waals surface area (Å²) in [6.45, 7) is 9.02. The molecule has 0 amide bonds. The highest BCUT2D eigenvalue weighted by Crippen LogP contribution is 2.49. The first kappa shape index (κ1) is 20.5. The van der Waals surface area contributed by atoms with Crippen molar-refractivity contribution in [3.05, 3.63) is 11.1 Å². The minimum absolute atomic E-state index is 0.0375. The first-order chi connectivity index (χ1) is 11.6. The zero-order valence-electron chi connectivity index (χ0n) is 15.8. The van der Waals surface area contributed by atoms with Gasteiger partial charge in [-0.25, -0.2) is 0 Å². The van der Waals surface area contributed by atoms with Crippen LogP contribution in [0.15, 0.2) is 0 Å². The summed E-state index contributed by atoms with van der Waals surface area (Å²) in [6.07, 6.45) is 8.10. The van der Waals surface area contributed by atoms with Crippen molar-refractivity contribution < 1.29 is 19.7 Å². The van der Waals surface area contributed by atoms with Crippen LogP contribution in [0.25, 0.3) is 0 Å². The molecule has 4 heteroatoms. The first-order valence-corrected chi connectivity index (χ1v) is 9.47. The second-order valence-electron chi connectivity index (χ2n) is 6.09. The van der Waals surface area contributed by atoms with Crippen LogP contribution in [-0.2, 0) is 12.8 Å². The number of phenols is 2. The molecule has 0 bridgehead atoms. The maximum absolute atomic E-state index is 10.5. The molecule has 1 aromatic rings. The zero-order chi connectivity index (χ0) is 17.9. The molecule has 0 unspecified atom stereocenters. The van der Waals surface area contributed by atoms with Crippen LogP contribution in [0.4, 0.5) is 0 Å². The van der Waals surface area contributed by atoms with Gasteiger partial charge in [-0.05, 0) is 39.5 Å². The van der Waals surface area contributed by atoms with E-state index < -0.39 is 0 Å². The number of hydrogen-bond acceptors (Lipinski definition) is 4. The van der Waals surface area contributed by atoms with E-state index in [1.807, 2.05) is 13.8 Å². The molecule has 0 spiro atoms. The molecule has 0 aromatic heterocycles. The van der Waals surface area contributed by atoms with Gasteiger partial charge >= 0.3 is 0 Å². The molecule has 0 radical (unpaired) electrons. The largest absolute Gasteiger partial charge is 0.504 e. The van der Waals surface area contributed by atoms with Crippen molar-refractivity contribution >= 4 is 0 Å². The summed E-state index contributed by atoms with van der Waals surface area (Å²) in [6, 6.07) is 0. The van der Waals surface area contributed by atoms with Gasteiger partial charge in [0.2, 0.25) is 11.5 Å². The average Bonchev–Trinajstić information content (AvgIpc) is 2.58. The van der Waals surface area contributed by atoms with Gasteiger partial charge in [0.25, 0.3) is 0 Å². The highest BCUT2D eigenvalue weighted by molar-refractivity contribution is 5.66. The van der Waals surface area contributed by atoms with Gasteiger partial charge in [-0.1, -0.05) is 39.5 Å². The van der Waals surface area contributed by atoms with Crippen LogP contribution in [0, 0.1) is 0 Å². The van der Waals surface area contributed by atoms with Crippen LogP contribution in [-0.4, -0.2) is 23.4 Å². The fourth-order valence-electron chi connectivity index (χ4n) is 2.99. The molecule has 2 N–H and O–H groups in total. The smallest absolute Gasteiger partial charge is 0.207 e. The van der Waals surface area contributed by atoms with Crippen molar-refractivity contribution in [2.75, 3.05) is 13.2 Å². The van der Waals surface area contributed by atoms with E-state index in [1.54, 1.807) is 0 Å². The second kappa shape index (κ2) is 11.1. The van der Waals surface area contributed by atoms with Gasteiger partial charge in [0, 0.05) is 11.1 Å². The lowest BCUT2D eigenvalue weighted by molar-refractivity contribution is 0.266. The molecule has 138 valence electrons. The van der Waals surface area contributed by atoms with Gasteiger partial charge in [-0.15, -0.1) is 0 Å². The van der Waals surface area contributed by atoms with Crippen LogP contribution in [0.3, 0.4) is 0 Å². The molecular formula is C20H34O4. The minimum atomic E-state index is -0.189. The SMILES string of the molecule is CCCCCc1c(O)c(O)c(OCC)c(OCC)c1CCCCC. The van der Waals surface area contributed by atoms with E-state index in [-0.39, 0.29) is 17.2 Å². The lowest BCUT2D eigenvalue weighted by atomic mass is 9.94. The summed E-state index contributed by atoms with van der Waals surface area (Å²) in [5.74, 6) is 0.662. The summed E-state index contributed by atoms with van der Waals surface area (Å²) in [5, 5.41) is 21.0. The fourth-order valence-corrected chi connectivity index (χ4v) is 2.99. The van der Waals surface area contributed by atoms with Crippen LogP contribution in [0.1, 0.15) is 77.3 Å². The molecule has 0 heterocycles. The molecule has 0 aliphatic carbocycles. The predicted molar refractivity (Wildman–Crippen MR) is 98.6 cm³/mol. The molecule has 0 aliphatic heterocycles. The highest BCUT2D eigenvalue weighted by atomic mass is 16.5. The van der Waals surface area contributed by atoms with E-state index >= 15 is 0 Å². The second-order valence-corrected chi connectivity index (χ2v) is 6.09. The summed E-state index contributed by atoms with van der Waals surface area (Å²) in [5.41, 5.74) is 1.82. The van der Waals surface area contributed by atoms with Gasteiger partial charge in [0.15, 0.2) is 11.5 Å². The topological polar surface area (TPSA) is 58.9 Å². The number of unbranched alkanes of at least 4 members (excludes halogenated alkanes) is 4. The number of rotatable bonds is 12. The Balaban J connectivity index is 3.35. The van der Waals surface area contributed by atoms with Crippen molar-refractivity contribution in [2.45, 2.75) is 79.1 Å². The number of ether oxygens (including phenoxy) is 2. The third-order valence-electron chi connectivity index (χ3n) is 4.21. The Morgan fingerprint density at radius 3 is 1.62 bits per heavy atom. The number of phenolic OH excluding ortho intramolecular Hbond substituents is 2. The van der Waals surface area contributed by atoms with Crippen LogP contribution >= 0.6 is 0 Å².